The molecule has 3 N–H and O–H groups in total. The number of aromatic nitrogens is 3. The van der Waals surface area contributed by atoms with Crippen LogP contribution in [0.15, 0.2) is 17.1 Å². The van der Waals surface area contributed by atoms with Gasteiger partial charge >= 0.3 is 0 Å². The molecule has 3 aromatic heterocycles. The van der Waals surface area contributed by atoms with Crippen molar-refractivity contribution in [1.29, 1.82) is 0 Å². The van der Waals surface area contributed by atoms with Gasteiger partial charge in [0.2, 0.25) is 0 Å². The lowest BCUT2D eigenvalue weighted by molar-refractivity contribution is -0.104. The third-order valence-corrected chi connectivity index (χ3v) is 6.02. The van der Waals surface area contributed by atoms with E-state index in [4.69, 9.17) is 4.74 Å². The zero-order valence-corrected chi connectivity index (χ0v) is 14.6. The topological polar surface area (TPSA) is 91.0 Å². The van der Waals surface area contributed by atoms with E-state index in [1.54, 1.807) is 0 Å². The van der Waals surface area contributed by atoms with Crippen molar-refractivity contribution in [2.45, 2.75) is 33.0 Å². The Kier molecular flexibility index (Phi) is 3.42. The number of rotatable bonds is 2. The van der Waals surface area contributed by atoms with Gasteiger partial charge in [-0.25, -0.2) is 0 Å². The summed E-state index contributed by atoms with van der Waals surface area (Å²) in [7, 11) is 0. The molecule has 0 bridgehead atoms. The number of thiophene rings is 1. The third kappa shape index (κ3) is 2.08. The monoisotopic (exact) mass is 345 g/mol. The van der Waals surface area contributed by atoms with Crippen LogP contribution >= 0.6 is 11.3 Å². The Bertz CT molecular complexity index is 985. The number of hydrogen-bond acceptors (Lipinski definition) is 5. The maximum Gasteiger partial charge on any atom is 0.266 e. The molecule has 6 nitrogen and oxygen atoms in total. The molecular weight excluding hydrogens is 326 g/mol. The first-order valence-corrected chi connectivity index (χ1v) is 8.73. The van der Waals surface area contributed by atoms with E-state index in [2.05, 4.69) is 15.2 Å². The summed E-state index contributed by atoms with van der Waals surface area (Å²) in [5, 5.41) is 18.9. The van der Waals surface area contributed by atoms with Gasteiger partial charge in [0.15, 0.2) is 0 Å². The standard InChI is InChI=1S/C17H19N3O3S/c1-8(2)17(22)7-23-6-12-10-4-13(11-5-18-20-9(11)3)24-14(10)16(21)19-15(12)17/h4-5,8,22H,6-7H2,1-3H3,(H,18,20)(H,19,21)/t17-/m0/s1. The molecule has 0 aromatic carbocycles. The summed E-state index contributed by atoms with van der Waals surface area (Å²) in [6, 6.07) is 2.00. The number of nitrogens with one attached hydrogen (secondary N) is 2. The van der Waals surface area contributed by atoms with Crippen LogP contribution < -0.4 is 5.56 Å². The molecule has 0 saturated heterocycles. The van der Waals surface area contributed by atoms with Crippen LogP contribution in [0.2, 0.25) is 0 Å². The van der Waals surface area contributed by atoms with Crippen LogP contribution in [0.3, 0.4) is 0 Å². The molecule has 3 aromatic rings. The van der Waals surface area contributed by atoms with E-state index < -0.39 is 5.60 Å². The summed E-state index contributed by atoms with van der Waals surface area (Å²) in [4.78, 5) is 16.5. The normalized spacial score (nSPS) is 20.7. The molecule has 0 fully saturated rings. The first-order valence-electron chi connectivity index (χ1n) is 7.92. The molecule has 1 aliphatic rings. The van der Waals surface area contributed by atoms with Crippen LogP contribution in [-0.4, -0.2) is 26.9 Å². The fourth-order valence-electron chi connectivity index (χ4n) is 3.26. The molecule has 24 heavy (non-hydrogen) atoms. The van der Waals surface area contributed by atoms with Crippen molar-refractivity contribution >= 4 is 21.4 Å². The van der Waals surface area contributed by atoms with Gasteiger partial charge in [-0.3, -0.25) is 9.89 Å². The number of fused-ring (bicyclic) bond motifs is 3. The van der Waals surface area contributed by atoms with Gasteiger partial charge in [-0.1, -0.05) is 13.8 Å². The number of aliphatic hydroxyl groups is 1. The van der Waals surface area contributed by atoms with Crippen molar-refractivity contribution in [3.05, 3.63) is 39.6 Å². The Balaban J connectivity index is 2.00. The van der Waals surface area contributed by atoms with Gasteiger partial charge in [0, 0.05) is 27.6 Å². The molecular formula is C17H19N3O3S. The number of nitrogens with zero attached hydrogens (tertiary/aromatic N) is 1. The lowest BCUT2D eigenvalue weighted by atomic mass is 9.83. The Morgan fingerprint density at radius 2 is 2.25 bits per heavy atom. The van der Waals surface area contributed by atoms with Crippen molar-refractivity contribution in [3.63, 3.8) is 0 Å². The molecule has 4 rings (SSSR count). The molecule has 1 atom stereocenters. The highest BCUT2D eigenvalue weighted by molar-refractivity contribution is 7.22. The van der Waals surface area contributed by atoms with Crippen LogP contribution in [0.25, 0.3) is 20.5 Å². The fourth-order valence-corrected chi connectivity index (χ4v) is 4.41. The number of hydrogen-bond donors (Lipinski definition) is 3. The molecule has 0 amide bonds. The molecule has 0 radical (unpaired) electrons. The molecule has 1 aliphatic heterocycles. The predicted octanol–water partition coefficient (Wildman–Crippen LogP) is 2.66. The van der Waals surface area contributed by atoms with Crippen molar-refractivity contribution in [1.82, 2.24) is 15.2 Å². The maximum absolute atomic E-state index is 12.6. The average Bonchev–Trinajstić information content (AvgIpc) is 3.15. The SMILES string of the molecule is Cc1n[nH]cc1-c1cc2c3c([nH]c(=O)c2s1)[C@@](O)(C(C)C)COC3. The summed E-state index contributed by atoms with van der Waals surface area (Å²) < 4.78 is 6.31. The number of H-pyrrole nitrogens is 2. The van der Waals surface area contributed by atoms with Crippen LogP contribution in [0.4, 0.5) is 0 Å². The molecule has 7 heteroatoms. The highest BCUT2D eigenvalue weighted by atomic mass is 32.1. The van der Waals surface area contributed by atoms with Crippen LogP contribution in [0, 0.1) is 12.8 Å². The smallest absolute Gasteiger partial charge is 0.266 e. The summed E-state index contributed by atoms with van der Waals surface area (Å²) >= 11 is 1.44. The Morgan fingerprint density at radius 1 is 1.46 bits per heavy atom. The first-order chi connectivity index (χ1) is 11.4. The van der Waals surface area contributed by atoms with Gasteiger partial charge in [-0.05, 0) is 18.9 Å². The zero-order valence-electron chi connectivity index (χ0n) is 13.8. The minimum absolute atomic E-state index is 0.0705. The van der Waals surface area contributed by atoms with E-state index in [1.165, 1.54) is 11.3 Å². The van der Waals surface area contributed by atoms with Gasteiger partial charge in [0.1, 0.15) is 10.3 Å². The second-order valence-corrected chi connectivity index (χ2v) is 7.67. The summed E-state index contributed by atoms with van der Waals surface area (Å²) in [5.41, 5.74) is 2.00. The third-order valence-electron chi connectivity index (χ3n) is 4.86. The van der Waals surface area contributed by atoms with E-state index in [1.807, 2.05) is 33.0 Å². The second-order valence-electron chi connectivity index (χ2n) is 6.62. The van der Waals surface area contributed by atoms with E-state index >= 15 is 0 Å². The summed E-state index contributed by atoms with van der Waals surface area (Å²) in [6.45, 7) is 6.36. The van der Waals surface area contributed by atoms with E-state index in [0.717, 1.165) is 27.1 Å². The van der Waals surface area contributed by atoms with Crippen molar-refractivity contribution in [3.8, 4) is 10.4 Å². The summed E-state index contributed by atoms with van der Waals surface area (Å²) in [5.74, 6) is -0.0705. The molecule has 4 heterocycles. The minimum Gasteiger partial charge on any atom is -0.381 e. The van der Waals surface area contributed by atoms with Crippen LogP contribution in [0.5, 0.6) is 0 Å². The van der Waals surface area contributed by atoms with Crippen molar-refractivity contribution in [2.75, 3.05) is 6.61 Å². The molecule has 0 saturated carbocycles. The number of pyridine rings is 1. The van der Waals surface area contributed by atoms with Gasteiger partial charge in [0.25, 0.3) is 5.56 Å². The van der Waals surface area contributed by atoms with Crippen LogP contribution in [0.1, 0.15) is 30.8 Å². The number of ether oxygens (including phenoxy) is 1. The zero-order chi connectivity index (χ0) is 17.1. The number of aryl methyl sites for hydroxylation is 1. The van der Waals surface area contributed by atoms with E-state index in [-0.39, 0.29) is 18.1 Å². The van der Waals surface area contributed by atoms with E-state index in [0.29, 0.717) is 17.0 Å². The molecule has 0 spiro atoms. The van der Waals surface area contributed by atoms with Crippen molar-refractivity contribution < 1.29 is 9.84 Å². The average molecular weight is 345 g/mol. The van der Waals surface area contributed by atoms with Crippen LogP contribution in [-0.2, 0) is 16.9 Å². The van der Waals surface area contributed by atoms with Gasteiger partial charge < -0.3 is 14.8 Å². The largest absolute Gasteiger partial charge is 0.381 e. The molecule has 0 aliphatic carbocycles. The Morgan fingerprint density at radius 3 is 2.92 bits per heavy atom. The lowest BCUT2D eigenvalue weighted by Gasteiger charge is -2.37. The van der Waals surface area contributed by atoms with Crippen molar-refractivity contribution in [2.24, 2.45) is 5.92 Å². The fraction of sp³-hybridized carbons (Fsp3) is 0.412. The first kappa shape index (κ1) is 15.6. The Hall–Kier alpha value is -1.96. The Labute approximate surface area is 142 Å². The quantitative estimate of drug-likeness (QED) is 0.666. The van der Waals surface area contributed by atoms with Gasteiger partial charge in [-0.2, -0.15) is 5.10 Å². The maximum atomic E-state index is 12.6. The van der Waals surface area contributed by atoms with Gasteiger partial charge in [-0.15, -0.1) is 11.3 Å². The lowest BCUT2D eigenvalue weighted by Crippen LogP contribution is -2.43. The predicted molar refractivity (Wildman–Crippen MR) is 93.2 cm³/mol. The second kappa shape index (κ2) is 5.27. The summed E-state index contributed by atoms with van der Waals surface area (Å²) in [6.07, 6.45) is 1.83. The molecule has 126 valence electrons. The van der Waals surface area contributed by atoms with E-state index in [9.17, 15) is 9.90 Å². The number of aromatic amines is 2. The molecule has 0 unspecified atom stereocenters. The minimum atomic E-state index is -1.17. The van der Waals surface area contributed by atoms with Gasteiger partial charge in [0.05, 0.1) is 24.6 Å². The highest BCUT2D eigenvalue weighted by Gasteiger charge is 2.40. The highest BCUT2D eigenvalue weighted by Crippen LogP contribution is 2.40.